The summed E-state index contributed by atoms with van der Waals surface area (Å²) in [6, 6.07) is 0.310. The standard InChI is InChI=1S/C15H18N2OS2/c1-8-6-9(7-8)17-14(18)12-10-4-2-3-5-11(10)20-13(12)16-15(17)19/h8-9H,2-7H2,1H3,(H,16,19). The van der Waals surface area contributed by atoms with Gasteiger partial charge in [-0.1, -0.05) is 6.92 Å². The van der Waals surface area contributed by atoms with Crippen LogP contribution in [0.1, 0.15) is 49.1 Å². The van der Waals surface area contributed by atoms with Gasteiger partial charge < -0.3 is 4.98 Å². The molecule has 106 valence electrons. The van der Waals surface area contributed by atoms with E-state index in [4.69, 9.17) is 12.2 Å². The molecule has 3 nitrogen and oxygen atoms in total. The maximum Gasteiger partial charge on any atom is 0.263 e. The van der Waals surface area contributed by atoms with E-state index in [1.54, 1.807) is 11.3 Å². The van der Waals surface area contributed by atoms with Gasteiger partial charge in [0.05, 0.1) is 5.39 Å². The number of thiophene rings is 1. The van der Waals surface area contributed by atoms with Crippen molar-refractivity contribution in [2.24, 2.45) is 5.92 Å². The van der Waals surface area contributed by atoms with Gasteiger partial charge in [-0.15, -0.1) is 11.3 Å². The van der Waals surface area contributed by atoms with E-state index in [2.05, 4.69) is 11.9 Å². The molecule has 0 radical (unpaired) electrons. The Balaban J connectivity index is 1.97. The minimum atomic E-state index is 0.153. The van der Waals surface area contributed by atoms with Crippen LogP contribution in [0.15, 0.2) is 4.79 Å². The van der Waals surface area contributed by atoms with Gasteiger partial charge in [-0.3, -0.25) is 9.36 Å². The van der Waals surface area contributed by atoms with Gasteiger partial charge in [-0.25, -0.2) is 0 Å². The predicted molar refractivity (Wildman–Crippen MR) is 85.3 cm³/mol. The molecule has 20 heavy (non-hydrogen) atoms. The van der Waals surface area contributed by atoms with Crippen molar-refractivity contribution in [3.05, 3.63) is 25.6 Å². The van der Waals surface area contributed by atoms with Crippen LogP contribution in [0, 0.1) is 10.7 Å². The number of H-pyrrole nitrogens is 1. The fraction of sp³-hybridized carbons (Fsp3) is 0.600. The Morgan fingerprint density at radius 1 is 1.30 bits per heavy atom. The first-order valence-corrected chi connectivity index (χ1v) is 8.66. The minimum Gasteiger partial charge on any atom is -0.323 e. The first kappa shape index (κ1) is 12.8. The maximum atomic E-state index is 12.9. The Hall–Kier alpha value is -0.940. The van der Waals surface area contributed by atoms with E-state index in [1.807, 2.05) is 4.57 Å². The normalized spacial score (nSPS) is 25.4. The summed E-state index contributed by atoms with van der Waals surface area (Å²) in [4.78, 5) is 18.6. The van der Waals surface area contributed by atoms with Crippen molar-refractivity contribution in [2.75, 3.05) is 0 Å². The van der Waals surface area contributed by atoms with E-state index in [9.17, 15) is 4.79 Å². The molecule has 2 aromatic heterocycles. The average Bonchev–Trinajstić information content (AvgIpc) is 2.74. The van der Waals surface area contributed by atoms with Gasteiger partial charge in [0.2, 0.25) is 0 Å². The summed E-state index contributed by atoms with van der Waals surface area (Å²) in [5.41, 5.74) is 1.45. The molecule has 2 heterocycles. The van der Waals surface area contributed by atoms with E-state index in [0.717, 1.165) is 35.9 Å². The molecular formula is C15H18N2OS2. The number of hydrogen-bond donors (Lipinski definition) is 1. The second-order valence-corrected chi connectivity index (χ2v) is 7.74. The van der Waals surface area contributed by atoms with Gasteiger partial charge in [0.25, 0.3) is 5.56 Å². The molecule has 1 fully saturated rings. The number of fused-ring (bicyclic) bond motifs is 3. The zero-order valence-electron chi connectivity index (χ0n) is 11.6. The minimum absolute atomic E-state index is 0.153. The fourth-order valence-electron chi connectivity index (χ4n) is 3.65. The summed E-state index contributed by atoms with van der Waals surface area (Å²) >= 11 is 7.18. The number of nitrogens with zero attached hydrogens (tertiary/aromatic N) is 1. The van der Waals surface area contributed by atoms with Crippen molar-refractivity contribution in [2.45, 2.75) is 51.5 Å². The molecule has 1 N–H and O–H groups in total. The van der Waals surface area contributed by atoms with Gasteiger partial charge in [-0.05, 0) is 62.2 Å². The molecule has 2 aromatic rings. The van der Waals surface area contributed by atoms with Crippen molar-refractivity contribution in [3.8, 4) is 0 Å². The highest BCUT2D eigenvalue weighted by Gasteiger charge is 2.30. The third kappa shape index (κ3) is 1.76. The number of aromatic amines is 1. The first-order valence-electron chi connectivity index (χ1n) is 7.44. The van der Waals surface area contributed by atoms with Crippen LogP contribution < -0.4 is 5.56 Å². The summed E-state index contributed by atoms with van der Waals surface area (Å²) in [7, 11) is 0. The lowest BCUT2D eigenvalue weighted by Gasteiger charge is -2.34. The van der Waals surface area contributed by atoms with Gasteiger partial charge in [0, 0.05) is 10.9 Å². The Labute approximate surface area is 126 Å². The van der Waals surface area contributed by atoms with Crippen LogP contribution in [0.5, 0.6) is 0 Å². The van der Waals surface area contributed by atoms with Crippen LogP contribution in [0.3, 0.4) is 0 Å². The molecule has 0 bridgehead atoms. The molecule has 1 saturated carbocycles. The van der Waals surface area contributed by atoms with E-state index in [1.165, 1.54) is 23.3 Å². The highest BCUT2D eigenvalue weighted by Crippen LogP contribution is 2.38. The van der Waals surface area contributed by atoms with Crippen LogP contribution in [0.4, 0.5) is 0 Å². The van der Waals surface area contributed by atoms with Crippen molar-refractivity contribution >= 4 is 33.8 Å². The number of hydrogen-bond acceptors (Lipinski definition) is 3. The van der Waals surface area contributed by atoms with E-state index in [-0.39, 0.29) is 5.56 Å². The molecule has 2 aliphatic carbocycles. The van der Waals surface area contributed by atoms with Crippen LogP contribution in [0.25, 0.3) is 10.2 Å². The highest BCUT2D eigenvalue weighted by atomic mass is 32.1. The van der Waals surface area contributed by atoms with E-state index < -0.39 is 0 Å². The summed E-state index contributed by atoms with van der Waals surface area (Å²) in [5, 5.41) is 0.929. The zero-order valence-corrected chi connectivity index (χ0v) is 13.2. The number of rotatable bonds is 1. The van der Waals surface area contributed by atoms with Crippen LogP contribution in [-0.4, -0.2) is 9.55 Å². The Morgan fingerprint density at radius 3 is 2.80 bits per heavy atom. The largest absolute Gasteiger partial charge is 0.323 e. The summed E-state index contributed by atoms with van der Waals surface area (Å²) < 4.78 is 2.46. The molecule has 0 unspecified atom stereocenters. The number of aryl methyl sites for hydroxylation is 2. The molecule has 0 amide bonds. The topological polar surface area (TPSA) is 37.8 Å². The monoisotopic (exact) mass is 306 g/mol. The van der Waals surface area contributed by atoms with Gasteiger partial charge in [0.1, 0.15) is 4.83 Å². The van der Waals surface area contributed by atoms with Crippen molar-refractivity contribution in [1.29, 1.82) is 0 Å². The Morgan fingerprint density at radius 2 is 2.05 bits per heavy atom. The fourth-order valence-corrected chi connectivity index (χ4v) is 5.33. The van der Waals surface area contributed by atoms with E-state index in [0.29, 0.717) is 16.7 Å². The van der Waals surface area contributed by atoms with Crippen LogP contribution in [-0.2, 0) is 12.8 Å². The molecule has 2 aliphatic rings. The third-order valence-corrected chi connectivity index (χ3v) is 6.26. The molecule has 4 rings (SSSR count). The molecule has 5 heteroatoms. The molecule has 0 saturated heterocycles. The molecular weight excluding hydrogens is 288 g/mol. The summed E-state index contributed by atoms with van der Waals surface area (Å²) in [5.74, 6) is 0.716. The third-order valence-electron chi connectivity index (χ3n) is 4.76. The number of aromatic nitrogens is 2. The molecule has 0 aliphatic heterocycles. The zero-order chi connectivity index (χ0) is 13.9. The van der Waals surface area contributed by atoms with Crippen LogP contribution >= 0.6 is 23.6 Å². The number of nitrogens with one attached hydrogen (secondary N) is 1. The molecule has 0 aromatic carbocycles. The second kappa shape index (κ2) is 4.53. The quantitative estimate of drug-likeness (QED) is 0.810. The smallest absolute Gasteiger partial charge is 0.263 e. The van der Waals surface area contributed by atoms with Gasteiger partial charge >= 0.3 is 0 Å². The SMILES string of the molecule is CC1CC(n2c(=S)[nH]c3sc4c(c3c2=O)CCCC4)C1. The van der Waals surface area contributed by atoms with Crippen molar-refractivity contribution in [1.82, 2.24) is 9.55 Å². The van der Waals surface area contributed by atoms with Crippen LogP contribution in [0.2, 0.25) is 0 Å². The highest BCUT2D eigenvalue weighted by molar-refractivity contribution is 7.71. The lowest BCUT2D eigenvalue weighted by Crippen LogP contribution is -2.34. The Kier molecular flexibility index (Phi) is 2.89. The maximum absolute atomic E-state index is 12.9. The summed E-state index contributed by atoms with van der Waals surface area (Å²) in [6.45, 7) is 2.24. The van der Waals surface area contributed by atoms with Gasteiger partial charge in [-0.2, -0.15) is 0 Å². The average molecular weight is 306 g/mol. The van der Waals surface area contributed by atoms with Crippen molar-refractivity contribution in [3.63, 3.8) is 0 Å². The summed E-state index contributed by atoms with van der Waals surface area (Å²) in [6.07, 6.45) is 6.78. The second-order valence-electron chi connectivity index (χ2n) is 6.25. The molecule has 0 spiro atoms. The first-order chi connectivity index (χ1) is 9.65. The lowest BCUT2D eigenvalue weighted by atomic mass is 9.81. The van der Waals surface area contributed by atoms with Crippen molar-refractivity contribution < 1.29 is 0 Å². The Bertz CT molecular complexity index is 793. The lowest BCUT2D eigenvalue weighted by molar-refractivity contribution is 0.209. The van der Waals surface area contributed by atoms with Gasteiger partial charge in [0.15, 0.2) is 4.77 Å². The molecule has 0 atom stereocenters. The predicted octanol–water partition coefficient (Wildman–Crippen LogP) is 3.97. The van der Waals surface area contributed by atoms with E-state index >= 15 is 0 Å².